The molecular weight excluding hydrogens is 1080 g/mol. The molecule has 29 heteroatoms. The number of ether oxygens (including phenoxy) is 2. The number of nitrogens with two attached hydrogens (primary N) is 1. The third kappa shape index (κ3) is 16.2. The Bertz CT molecular complexity index is 2920. The first-order chi connectivity index (χ1) is 39.3. The molecule has 4 aromatic carbocycles. The zero-order chi connectivity index (χ0) is 59.5. The highest BCUT2D eigenvalue weighted by Crippen LogP contribution is 2.36. The summed E-state index contributed by atoms with van der Waals surface area (Å²) in [5.41, 5.74) is 2.25. The van der Waals surface area contributed by atoms with Gasteiger partial charge in [0, 0.05) is 97.7 Å². The monoisotopic (exact) mass is 1150 g/mol. The second-order valence-corrected chi connectivity index (χ2v) is 18.7. The molecule has 16 rings (SSSR count). The van der Waals surface area contributed by atoms with Gasteiger partial charge in [-0.2, -0.15) is 0 Å². The lowest BCUT2D eigenvalue weighted by molar-refractivity contribution is 0.0511. The van der Waals surface area contributed by atoms with Crippen LogP contribution in [-0.4, -0.2) is 222 Å². The number of carbonyl (C=O) groups is 8. The van der Waals surface area contributed by atoms with E-state index in [9.17, 15) is 79.2 Å². The molecule has 1 atom stereocenters. The van der Waals surface area contributed by atoms with E-state index in [1.807, 2.05) is 0 Å². The van der Waals surface area contributed by atoms with E-state index in [2.05, 4.69) is 42.5 Å². The van der Waals surface area contributed by atoms with E-state index in [0.29, 0.717) is 19.8 Å². The zero-order valence-corrected chi connectivity index (χ0v) is 44.5. The van der Waals surface area contributed by atoms with Crippen molar-refractivity contribution in [1.82, 2.24) is 52.3 Å². The van der Waals surface area contributed by atoms with E-state index >= 15 is 0 Å². The number of hydrogen-bond donors (Lipinski definition) is 17. The minimum atomic E-state index is -0.954. The number of benzene rings is 4. The highest BCUT2D eigenvalue weighted by Gasteiger charge is 2.28. The second-order valence-electron chi connectivity index (χ2n) is 18.7. The summed E-state index contributed by atoms with van der Waals surface area (Å²) < 4.78 is 10.6. The van der Waals surface area contributed by atoms with Crippen LogP contribution in [0.25, 0.3) is 0 Å². The zero-order valence-electron chi connectivity index (χ0n) is 44.5. The molecule has 0 aromatic heterocycles. The Labute approximate surface area is 468 Å². The topological polar surface area (TPSA) is 446 Å². The normalized spacial score (nSPS) is 17.9. The van der Waals surface area contributed by atoms with Gasteiger partial charge >= 0.3 is 0 Å². The summed E-state index contributed by atoms with van der Waals surface area (Å²) in [7, 11) is 0. The Morgan fingerprint density at radius 1 is 0.451 bits per heavy atom. The van der Waals surface area contributed by atoms with Gasteiger partial charge in [0.1, 0.15) is 0 Å². The van der Waals surface area contributed by atoms with E-state index in [4.69, 9.17) is 15.2 Å². The van der Waals surface area contributed by atoms with Gasteiger partial charge in [-0.05, 0) is 61.4 Å². The summed E-state index contributed by atoms with van der Waals surface area (Å²) in [6.45, 7) is 0.413. The van der Waals surface area contributed by atoms with Crippen LogP contribution in [0.4, 0.5) is 0 Å². The van der Waals surface area contributed by atoms with Crippen molar-refractivity contribution in [3.63, 3.8) is 0 Å². The highest BCUT2D eigenvalue weighted by molar-refractivity contribution is 6.06. The maximum absolute atomic E-state index is 14.1. The maximum Gasteiger partial charge on any atom is 0.255 e. The van der Waals surface area contributed by atoms with E-state index in [-0.39, 0.29) is 133 Å². The molecule has 12 aliphatic rings. The van der Waals surface area contributed by atoms with Gasteiger partial charge in [0.2, 0.25) is 0 Å². The maximum atomic E-state index is 14.1. The number of amides is 8. The van der Waals surface area contributed by atoms with Crippen LogP contribution in [0, 0.1) is 0 Å². The summed E-state index contributed by atoms with van der Waals surface area (Å²) in [5, 5.41) is 108. The van der Waals surface area contributed by atoms with Crippen molar-refractivity contribution < 1.29 is 88.7 Å². The molecule has 0 aliphatic carbocycles. The Morgan fingerprint density at radius 3 is 1.15 bits per heavy atom. The lowest BCUT2D eigenvalue weighted by atomic mass is 10.1. The van der Waals surface area contributed by atoms with Crippen molar-refractivity contribution in [3.05, 3.63) is 93.0 Å². The predicted octanol–water partition coefficient (Wildman–Crippen LogP) is -1.96. The van der Waals surface area contributed by atoms with Gasteiger partial charge in [0.15, 0.2) is 46.0 Å². The fourth-order valence-corrected chi connectivity index (χ4v) is 8.69. The number of phenolic OH excluding ortho intramolecular Hbond substituents is 8. The quantitative estimate of drug-likeness (QED) is 0.0482. The number of aromatic hydroxyl groups is 8. The van der Waals surface area contributed by atoms with Crippen molar-refractivity contribution in [1.29, 1.82) is 0 Å². The molecule has 0 fully saturated rings. The van der Waals surface area contributed by atoms with Crippen molar-refractivity contribution in [3.8, 4) is 46.0 Å². The predicted molar refractivity (Wildman–Crippen MR) is 289 cm³/mol. The molecular formula is C53H67N11O18. The molecule has 442 valence electrons. The van der Waals surface area contributed by atoms with Crippen LogP contribution in [0.2, 0.25) is 0 Å². The van der Waals surface area contributed by atoms with Crippen molar-refractivity contribution >= 4 is 47.3 Å². The average molecular weight is 1150 g/mol. The molecule has 29 nitrogen and oxygen atoms in total. The lowest BCUT2D eigenvalue weighted by Gasteiger charge is -2.29. The third-order valence-electron chi connectivity index (χ3n) is 13.1. The van der Waals surface area contributed by atoms with Crippen molar-refractivity contribution in [2.45, 2.75) is 18.9 Å². The summed E-state index contributed by atoms with van der Waals surface area (Å²) in [6, 6.07) is 8.06. The van der Waals surface area contributed by atoms with Crippen LogP contribution in [0.5, 0.6) is 46.0 Å². The fourth-order valence-electron chi connectivity index (χ4n) is 8.69. The van der Waals surface area contributed by atoms with Crippen LogP contribution >= 0.6 is 0 Å². The van der Waals surface area contributed by atoms with Gasteiger partial charge in [-0.25, -0.2) is 0 Å². The van der Waals surface area contributed by atoms with Crippen molar-refractivity contribution in [2.75, 3.05) is 118 Å². The lowest BCUT2D eigenvalue weighted by Crippen LogP contribution is -2.48. The van der Waals surface area contributed by atoms with Gasteiger partial charge in [-0.3, -0.25) is 48.2 Å². The van der Waals surface area contributed by atoms with E-state index < -0.39 is 122 Å². The Kier molecular flexibility index (Phi) is 22.6. The molecule has 0 radical (unpaired) electrons. The number of hydrogen-bond acceptors (Lipinski definition) is 21. The summed E-state index contributed by atoms with van der Waals surface area (Å²) in [5.74, 6) is -14.0. The van der Waals surface area contributed by atoms with Crippen LogP contribution in [0.1, 0.15) is 95.7 Å². The molecule has 18 N–H and O–H groups in total. The first-order valence-corrected chi connectivity index (χ1v) is 26.1. The van der Waals surface area contributed by atoms with Gasteiger partial charge in [-0.15, -0.1) is 0 Å². The summed E-state index contributed by atoms with van der Waals surface area (Å²) in [6.07, 6.45) is 0.0974. The van der Waals surface area contributed by atoms with E-state index in [1.54, 1.807) is 9.80 Å². The van der Waals surface area contributed by atoms with Crippen LogP contribution in [-0.2, 0) is 9.47 Å². The molecule has 4 aromatic rings. The molecule has 8 amide bonds. The first kappa shape index (κ1) is 62.0. The Morgan fingerprint density at radius 2 is 0.780 bits per heavy atom. The largest absolute Gasteiger partial charge is 0.504 e. The summed E-state index contributed by atoms with van der Waals surface area (Å²) >= 11 is 0. The second kappa shape index (κ2) is 29.9. The smallest absolute Gasteiger partial charge is 0.255 e. The van der Waals surface area contributed by atoms with Crippen LogP contribution in [0.3, 0.4) is 0 Å². The van der Waals surface area contributed by atoms with Gasteiger partial charge in [0.05, 0.1) is 70.9 Å². The minimum Gasteiger partial charge on any atom is -0.504 e. The van der Waals surface area contributed by atoms with Crippen LogP contribution in [0.15, 0.2) is 48.5 Å². The molecule has 0 saturated carbocycles. The molecule has 0 saturated heterocycles. The first-order valence-electron chi connectivity index (χ1n) is 26.1. The van der Waals surface area contributed by atoms with Gasteiger partial charge in [0.25, 0.3) is 47.3 Å². The summed E-state index contributed by atoms with van der Waals surface area (Å²) in [4.78, 5) is 111. The number of phenols is 8. The number of rotatable bonds is 14. The highest BCUT2D eigenvalue weighted by atomic mass is 16.5. The van der Waals surface area contributed by atoms with Gasteiger partial charge < -0.3 is 98.6 Å². The van der Waals surface area contributed by atoms with Gasteiger partial charge in [-0.1, -0.05) is 0 Å². The molecule has 8 bridgehead atoms. The Balaban J connectivity index is 1.27. The number of nitrogens with one attached hydrogen (secondary N) is 8. The standard InChI is InChI=1S/C53H67N11O18/c54-11-24-81-26-27-82-25-18-61-52(79)36-8-3-30(38(65)43(36)70)46(73)55-12-1-2-29-28-64-22-16-59-50(77)33-6-4-31(39(66)41(33)68)47(74)56-13-19-63(21-15-58-49(76)35-9-10-37(53(80)62-29)45(72)44(35)71)20-14-57-48(75)32-5-7-34(42(69)40(32)67)51(78)60-17-23-64/h3-10,29,65-72H,1-2,11-28,54H2,(H,55,73)(H,56,74)(H,57,75)(H,58,76)(H,59,77)(H,60,78)(H,61,79)(H,62,80). The molecule has 0 spiro atoms. The van der Waals surface area contributed by atoms with E-state index in [1.165, 1.54) is 0 Å². The SMILES string of the molecule is NCCOCCOCCNC(=O)c1ccc(C(=O)NCCCC2CN3CCNC(=O)c4ccc(c(O)c4O)C(=O)NCCN(CCNC(=O)c4ccc(c(O)c4O)C(=O)NCC3)CCNC(=O)c3ccc(c(O)c3O)C(=O)N2)c(O)c1O. The number of carbonyl (C=O) groups excluding carboxylic acids is 8. The minimum absolute atomic E-state index is 0.0203. The fraction of sp³-hybridized carbons (Fsp3) is 0.396. The molecule has 82 heavy (non-hydrogen) atoms. The van der Waals surface area contributed by atoms with Crippen LogP contribution < -0.4 is 48.3 Å². The number of nitrogens with zero attached hydrogens (tertiary/aromatic N) is 2. The third-order valence-corrected chi connectivity index (χ3v) is 13.1. The van der Waals surface area contributed by atoms with Crippen molar-refractivity contribution in [2.24, 2.45) is 5.73 Å². The molecule has 12 heterocycles. The molecule has 12 aliphatic heterocycles. The van der Waals surface area contributed by atoms with E-state index in [0.717, 1.165) is 48.5 Å². The Hall–Kier alpha value is -9.16. The molecule has 1 unspecified atom stereocenters. The average Bonchev–Trinajstić information content (AvgIpc) is 3.46.